The van der Waals surface area contributed by atoms with Crippen LogP contribution in [-0.2, 0) is 9.53 Å². The summed E-state index contributed by atoms with van der Waals surface area (Å²) in [7, 11) is 0. The Balaban J connectivity index is 3.85. The van der Waals surface area contributed by atoms with Crippen LogP contribution in [0.25, 0.3) is 0 Å². The fourth-order valence-electron chi connectivity index (χ4n) is 1.15. The number of hydrogen-bond acceptors (Lipinski definition) is 2. The van der Waals surface area contributed by atoms with E-state index in [1.165, 1.54) is 6.92 Å². The molecule has 0 rings (SSSR count). The molecule has 0 N–H and O–H groups in total. The Labute approximate surface area is 74.6 Å². The summed E-state index contributed by atoms with van der Waals surface area (Å²) in [5.41, 5.74) is 1.06. The summed E-state index contributed by atoms with van der Waals surface area (Å²) < 4.78 is 5.10. The molecular formula is C10H18O2. The third-order valence-electron chi connectivity index (χ3n) is 1.52. The second kappa shape index (κ2) is 5.81. The molecule has 0 aromatic rings. The van der Waals surface area contributed by atoms with Gasteiger partial charge in [-0.2, -0.15) is 0 Å². The van der Waals surface area contributed by atoms with Crippen LogP contribution in [0.4, 0.5) is 0 Å². The van der Waals surface area contributed by atoms with E-state index < -0.39 is 0 Å². The van der Waals surface area contributed by atoms with Crippen LogP contribution in [0.2, 0.25) is 0 Å². The van der Waals surface area contributed by atoms with Crippen LogP contribution in [-0.4, -0.2) is 12.1 Å². The van der Waals surface area contributed by atoms with Crippen LogP contribution in [0.1, 0.15) is 40.0 Å². The van der Waals surface area contributed by atoms with Gasteiger partial charge in [-0.05, 0) is 13.3 Å². The van der Waals surface area contributed by atoms with Gasteiger partial charge in [-0.15, -0.1) is 6.58 Å². The monoisotopic (exact) mass is 170 g/mol. The summed E-state index contributed by atoms with van der Waals surface area (Å²) in [6.07, 6.45) is 2.77. The smallest absolute Gasteiger partial charge is 0.302 e. The third kappa shape index (κ3) is 5.96. The second-order valence-electron chi connectivity index (χ2n) is 3.18. The maximum atomic E-state index is 10.7. The number of esters is 1. The van der Waals surface area contributed by atoms with E-state index in [-0.39, 0.29) is 12.1 Å². The Morgan fingerprint density at radius 3 is 2.42 bits per heavy atom. The maximum absolute atomic E-state index is 10.7. The third-order valence-corrected chi connectivity index (χ3v) is 1.52. The molecule has 0 unspecified atom stereocenters. The molecule has 0 heterocycles. The summed E-state index contributed by atoms with van der Waals surface area (Å²) in [5.74, 6) is -0.199. The summed E-state index contributed by atoms with van der Waals surface area (Å²) in [4.78, 5) is 10.7. The first kappa shape index (κ1) is 11.2. The first-order valence-electron chi connectivity index (χ1n) is 4.37. The molecule has 1 atom stereocenters. The quantitative estimate of drug-likeness (QED) is 0.468. The molecule has 12 heavy (non-hydrogen) atoms. The van der Waals surface area contributed by atoms with Gasteiger partial charge in [0.05, 0.1) is 0 Å². The first-order valence-corrected chi connectivity index (χ1v) is 4.37. The largest absolute Gasteiger partial charge is 0.462 e. The van der Waals surface area contributed by atoms with E-state index in [0.29, 0.717) is 0 Å². The van der Waals surface area contributed by atoms with Crippen LogP contribution < -0.4 is 0 Å². The molecule has 0 aromatic carbocycles. The average Bonchev–Trinajstić information content (AvgIpc) is 1.84. The number of rotatable bonds is 5. The number of hydrogen-bond donors (Lipinski definition) is 0. The van der Waals surface area contributed by atoms with Crippen molar-refractivity contribution in [1.82, 2.24) is 0 Å². The van der Waals surface area contributed by atoms with Crippen LogP contribution in [0.15, 0.2) is 12.2 Å². The van der Waals surface area contributed by atoms with Crippen molar-refractivity contribution in [3.05, 3.63) is 12.2 Å². The minimum absolute atomic E-state index is 0.0324. The highest BCUT2D eigenvalue weighted by atomic mass is 16.5. The van der Waals surface area contributed by atoms with Gasteiger partial charge in [0.2, 0.25) is 0 Å². The number of carbonyl (C=O) groups is 1. The predicted molar refractivity (Wildman–Crippen MR) is 49.9 cm³/mol. The molecule has 0 bridgehead atoms. The van der Waals surface area contributed by atoms with Crippen molar-refractivity contribution in [2.45, 2.75) is 46.1 Å². The number of carbonyl (C=O) groups excluding carboxylic acids is 1. The van der Waals surface area contributed by atoms with E-state index in [1.807, 2.05) is 6.92 Å². The van der Waals surface area contributed by atoms with Crippen molar-refractivity contribution in [2.24, 2.45) is 0 Å². The zero-order chi connectivity index (χ0) is 9.56. The molecule has 2 nitrogen and oxygen atoms in total. The molecule has 70 valence electrons. The minimum atomic E-state index is -0.199. The molecule has 0 aliphatic heterocycles. The van der Waals surface area contributed by atoms with Crippen molar-refractivity contribution in [2.75, 3.05) is 0 Å². The van der Waals surface area contributed by atoms with Crippen molar-refractivity contribution >= 4 is 5.97 Å². The highest BCUT2D eigenvalue weighted by Gasteiger charge is 2.10. The molecular weight excluding hydrogens is 152 g/mol. The lowest BCUT2D eigenvalue weighted by Gasteiger charge is -2.15. The van der Waals surface area contributed by atoms with Crippen molar-refractivity contribution in [3.8, 4) is 0 Å². The molecule has 0 fully saturated rings. The van der Waals surface area contributed by atoms with E-state index in [0.717, 1.165) is 24.8 Å². The van der Waals surface area contributed by atoms with Gasteiger partial charge in [-0.3, -0.25) is 4.79 Å². The summed E-state index contributed by atoms with van der Waals surface area (Å²) >= 11 is 0. The summed E-state index contributed by atoms with van der Waals surface area (Å²) in [6.45, 7) is 9.27. The molecule has 0 spiro atoms. The fourth-order valence-corrected chi connectivity index (χ4v) is 1.15. The highest BCUT2D eigenvalue weighted by Crippen LogP contribution is 2.11. The zero-order valence-corrected chi connectivity index (χ0v) is 8.22. The van der Waals surface area contributed by atoms with E-state index >= 15 is 0 Å². The van der Waals surface area contributed by atoms with E-state index in [2.05, 4.69) is 13.5 Å². The van der Waals surface area contributed by atoms with Gasteiger partial charge in [0.25, 0.3) is 0 Å². The van der Waals surface area contributed by atoms with Crippen LogP contribution in [0.3, 0.4) is 0 Å². The van der Waals surface area contributed by atoms with Gasteiger partial charge >= 0.3 is 5.97 Å². The van der Waals surface area contributed by atoms with Crippen LogP contribution in [0.5, 0.6) is 0 Å². The minimum Gasteiger partial charge on any atom is -0.462 e. The van der Waals surface area contributed by atoms with Gasteiger partial charge in [-0.1, -0.05) is 18.9 Å². The van der Waals surface area contributed by atoms with E-state index in [4.69, 9.17) is 4.74 Å². The lowest BCUT2D eigenvalue weighted by molar-refractivity contribution is -0.146. The molecule has 0 aliphatic carbocycles. The summed E-state index contributed by atoms with van der Waals surface area (Å²) in [5, 5.41) is 0. The molecule has 0 amide bonds. The fraction of sp³-hybridized carbons (Fsp3) is 0.700. The van der Waals surface area contributed by atoms with Gasteiger partial charge in [0, 0.05) is 13.3 Å². The van der Waals surface area contributed by atoms with Crippen LogP contribution in [0, 0.1) is 0 Å². The number of ether oxygens (including phenoxy) is 1. The SMILES string of the molecule is C=C(C)C[C@@H](CCC)OC(C)=O. The van der Waals surface area contributed by atoms with Crippen LogP contribution >= 0.6 is 0 Å². The molecule has 0 aromatic heterocycles. The first-order chi connectivity index (χ1) is 5.56. The van der Waals surface area contributed by atoms with Crippen molar-refractivity contribution in [3.63, 3.8) is 0 Å². The Kier molecular flexibility index (Phi) is 5.43. The lowest BCUT2D eigenvalue weighted by atomic mass is 10.1. The molecule has 0 saturated heterocycles. The van der Waals surface area contributed by atoms with Crippen molar-refractivity contribution < 1.29 is 9.53 Å². The normalized spacial score (nSPS) is 12.2. The average molecular weight is 170 g/mol. The molecule has 0 aliphatic rings. The zero-order valence-electron chi connectivity index (χ0n) is 8.22. The lowest BCUT2D eigenvalue weighted by Crippen LogP contribution is -2.16. The topological polar surface area (TPSA) is 26.3 Å². The summed E-state index contributed by atoms with van der Waals surface area (Å²) in [6, 6.07) is 0. The molecule has 0 radical (unpaired) electrons. The molecule has 2 heteroatoms. The van der Waals surface area contributed by atoms with E-state index in [9.17, 15) is 4.79 Å². The standard InChI is InChI=1S/C10H18O2/c1-5-6-10(7-8(2)3)12-9(4)11/h10H,2,5-7H2,1,3-4H3/t10-/m1/s1. The Morgan fingerprint density at radius 2 is 2.08 bits per heavy atom. The van der Waals surface area contributed by atoms with Gasteiger partial charge < -0.3 is 4.74 Å². The van der Waals surface area contributed by atoms with Crippen molar-refractivity contribution in [1.29, 1.82) is 0 Å². The highest BCUT2D eigenvalue weighted by molar-refractivity contribution is 5.66. The Hall–Kier alpha value is -0.790. The maximum Gasteiger partial charge on any atom is 0.302 e. The Bertz CT molecular complexity index is 145. The molecule has 0 saturated carbocycles. The predicted octanol–water partition coefficient (Wildman–Crippen LogP) is 2.68. The van der Waals surface area contributed by atoms with Gasteiger partial charge in [0.15, 0.2) is 0 Å². The van der Waals surface area contributed by atoms with Gasteiger partial charge in [0.1, 0.15) is 6.10 Å². The van der Waals surface area contributed by atoms with Gasteiger partial charge in [-0.25, -0.2) is 0 Å². The second-order valence-corrected chi connectivity index (χ2v) is 3.18. The van der Waals surface area contributed by atoms with E-state index in [1.54, 1.807) is 0 Å². The Morgan fingerprint density at radius 1 is 1.50 bits per heavy atom.